The predicted molar refractivity (Wildman–Crippen MR) is 138 cm³/mol. The van der Waals surface area contributed by atoms with Crippen molar-refractivity contribution in [3.8, 4) is 17.2 Å². The summed E-state index contributed by atoms with van der Waals surface area (Å²) in [4.78, 5) is 24.1. The molecular weight excluding hydrogens is 527 g/mol. The van der Waals surface area contributed by atoms with Gasteiger partial charge in [0.1, 0.15) is 6.17 Å². The van der Waals surface area contributed by atoms with Gasteiger partial charge >= 0.3 is 0 Å². The van der Waals surface area contributed by atoms with Crippen LogP contribution in [0, 0.1) is 0 Å². The Morgan fingerprint density at radius 2 is 1.38 bits per heavy atom. The Morgan fingerprint density at radius 1 is 0.882 bits per heavy atom. The van der Waals surface area contributed by atoms with Crippen LogP contribution in [0.15, 0.2) is 36.4 Å². The van der Waals surface area contributed by atoms with Crippen LogP contribution < -0.4 is 35.5 Å². The van der Waals surface area contributed by atoms with Crippen molar-refractivity contribution in [2.45, 2.75) is 16.9 Å². The molecule has 2 aromatic rings. The third-order valence-corrected chi connectivity index (χ3v) is 5.14. The normalized spacial score (nSPS) is 11.6. The summed E-state index contributed by atoms with van der Waals surface area (Å²) in [6.07, 6.45) is -1.21. The van der Waals surface area contributed by atoms with Gasteiger partial charge in [-0.1, -0.05) is 34.8 Å². The molecule has 0 aromatic heterocycles. The summed E-state index contributed by atoms with van der Waals surface area (Å²) < 4.78 is 13.8. The molecule has 1 atom stereocenters. The number of carbonyl (C=O) groups is 2. The van der Waals surface area contributed by atoms with E-state index in [-0.39, 0.29) is 28.1 Å². The number of hydrogen-bond acceptors (Lipinski definition) is 6. The number of carbonyl (C=O) groups excluding carboxylic acids is 2. The molecule has 0 aliphatic carbocycles. The quantitative estimate of drug-likeness (QED) is 0.222. The maximum atomic E-state index is 12.9. The third kappa shape index (κ3) is 7.69. The van der Waals surface area contributed by atoms with Crippen molar-refractivity contribution in [2.75, 3.05) is 32.0 Å². The highest BCUT2D eigenvalue weighted by molar-refractivity contribution is 7.80. The van der Waals surface area contributed by atoms with Crippen molar-refractivity contribution < 1.29 is 23.8 Å². The Hall–Kier alpha value is -2.66. The highest BCUT2D eigenvalue weighted by atomic mass is 35.6. The van der Waals surface area contributed by atoms with Crippen LogP contribution in [0.1, 0.15) is 17.3 Å². The number of thiocarbonyl (C=S) groups is 1. The zero-order chi connectivity index (χ0) is 25.5. The van der Waals surface area contributed by atoms with E-state index in [2.05, 4.69) is 21.3 Å². The largest absolute Gasteiger partial charge is 0.493 e. The van der Waals surface area contributed by atoms with E-state index in [1.807, 2.05) is 0 Å². The van der Waals surface area contributed by atoms with Crippen LogP contribution in [0.5, 0.6) is 17.2 Å². The Morgan fingerprint density at radius 3 is 1.79 bits per heavy atom. The number of rotatable bonds is 8. The molecule has 0 aliphatic heterocycles. The average molecular weight is 550 g/mol. The highest BCUT2D eigenvalue weighted by Gasteiger charge is 2.35. The maximum absolute atomic E-state index is 12.9. The second-order valence-corrected chi connectivity index (χ2v) is 9.50. The van der Waals surface area contributed by atoms with Crippen LogP contribution in [-0.4, -0.2) is 48.2 Å². The van der Waals surface area contributed by atoms with Gasteiger partial charge in [0.2, 0.25) is 15.4 Å². The first kappa shape index (κ1) is 27.6. The van der Waals surface area contributed by atoms with Gasteiger partial charge in [-0.3, -0.25) is 9.59 Å². The number of alkyl halides is 3. The van der Waals surface area contributed by atoms with E-state index in [4.69, 9.17) is 61.2 Å². The van der Waals surface area contributed by atoms with E-state index in [1.165, 1.54) is 40.4 Å². The lowest BCUT2D eigenvalue weighted by Crippen LogP contribution is -2.56. The van der Waals surface area contributed by atoms with Gasteiger partial charge in [0.25, 0.3) is 5.91 Å². The van der Waals surface area contributed by atoms with Crippen molar-refractivity contribution in [1.82, 2.24) is 10.6 Å². The van der Waals surface area contributed by atoms with Crippen molar-refractivity contribution in [2.24, 2.45) is 0 Å². The number of amides is 2. The summed E-state index contributed by atoms with van der Waals surface area (Å²) in [7, 11) is 4.30. The second-order valence-electron chi connectivity index (χ2n) is 6.72. The lowest BCUT2D eigenvalue weighted by Gasteiger charge is -2.28. The minimum Gasteiger partial charge on any atom is -0.493 e. The fraction of sp³-hybridized carbons (Fsp3) is 0.286. The smallest absolute Gasteiger partial charge is 0.253 e. The van der Waals surface area contributed by atoms with Crippen molar-refractivity contribution >= 4 is 75.3 Å². The zero-order valence-corrected chi connectivity index (χ0v) is 21.7. The van der Waals surface area contributed by atoms with Gasteiger partial charge in [-0.25, -0.2) is 0 Å². The molecule has 13 heteroatoms. The molecule has 0 spiro atoms. The van der Waals surface area contributed by atoms with Gasteiger partial charge in [-0.05, 0) is 48.6 Å². The Balaban J connectivity index is 2.15. The van der Waals surface area contributed by atoms with Crippen LogP contribution in [0.25, 0.3) is 0 Å². The summed E-state index contributed by atoms with van der Waals surface area (Å²) in [5.74, 6) is 0.111. The summed E-state index contributed by atoms with van der Waals surface area (Å²) in [5, 5.41) is 11.0. The molecule has 2 amide bonds. The van der Waals surface area contributed by atoms with E-state index < -0.39 is 15.9 Å². The van der Waals surface area contributed by atoms with Gasteiger partial charge in [0, 0.05) is 23.9 Å². The standard InChI is InChI=1S/C21H23Cl3N4O5S/c1-11(29)25-13-5-7-14(8-6-13)26-20(34)28-19(21(22,23)24)27-18(30)12-9-15(31-2)17(33-4)16(10-12)32-3/h5-10,19H,1-4H3,(H,25,29)(H,27,30)(H2,26,28,34). The molecule has 0 saturated heterocycles. The highest BCUT2D eigenvalue weighted by Crippen LogP contribution is 2.38. The first-order valence-electron chi connectivity index (χ1n) is 9.61. The zero-order valence-electron chi connectivity index (χ0n) is 18.6. The fourth-order valence-electron chi connectivity index (χ4n) is 2.76. The number of nitrogens with one attached hydrogen (secondary N) is 4. The topological polar surface area (TPSA) is 110 Å². The van der Waals surface area contributed by atoms with Gasteiger partial charge in [-0.2, -0.15) is 0 Å². The van der Waals surface area contributed by atoms with E-state index in [9.17, 15) is 9.59 Å². The monoisotopic (exact) mass is 548 g/mol. The third-order valence-electron chi connectivity index (χ3n) is 4.27. The number of ether oxygens (including phenoxy) is 3. The molecule has 0 radical (unpaired) electrons. The van der Waals surface area contributed by atoms with Gasteiger partial charge in [0.05, 0.1) is 21.3 Å². The van der Waals surface area contributed by atoms with Crippen molar-refractivity contribution in [3.63, 3.8) is 0 Å². The predicted octanol–water partition coefficient (Wildman–Crippen LogP) is 4.08. The minimum atomic E-state index is -1.96. The summed E-state index contributed by atoms with van der Waals surface area (Å²) in [6.45, 7) is 1.41. The second kappa shape index (κ2) is 12.2. The van der Waals surface area contributed by atoms with Crippen LogP contribution in [-0.2, 0) is 4.79 Å². The molecular formula is C21H23Cl3N4O5S. The van der Waals surface area contributed by atoms with Crippen molar-refractivity contribution in [3.05, 3.63) is 42.0 Å². The molecule has 0 bridgehead atoms. The fourth-order valence-corrected chi connectivity index (χ4v) is 3.33. The SMILES string of the molecule is COc1cc(C(=O)NC(NC(=S)Nc2ccc(NC(C)=O)cc2)C(Cl)(Cl)Cl)cc(OC)c1OC. The maximum Gasteiger partial charge on any atom is 0.253 e. The summed E-state index contributed by atoms with van der Waals surface area (Å²) in [5.41, 5.74) is 1.39. The van der Waals surface area contributed by atoms with E-state index in [0.29, 0.717) is 17.1 Å². The molecule has 0 saturated carbocycles. The van der Waals surface area contributed by atoms with Gasteiger partial charge < -0.3 is 35.5 Å². The number of methoxy groups -OCH3 is 3. The molecule has 0 aliphatic rings. The first-order valence-corrected chi connectivity index (χ1v) is 11.2. The molecule has 9 nitrogen and oxygen atoms in total. The molecule has 184 valence electrons. The Bertz CT molecular complexity index is 1020. The van der Waals surface area contributed by atoms with Gasteiger partial charge in [0.15, 0.2) is 16.6 Å². The summed E-state index contributed by atoms with van der Waals surface area (Å²) in [6, 6.07) is 9.67. The molecule has 34 heavy (non-hydrogen) atoms. The molecule has 0 heterocycles. The molecule has 1 unspecified atom stereocenters. The minimum absolute atomic E-state index is 0.0776. The number of anilines is 2. The Kier molecular flexibility index (Phi) is 9.87. The lowest BCUT2D eigenvalue weighted by atomic mass is 10.1. The van der Waals surface area contributed by atoms with Crippen LogP contribution in [0.4, 0.5) is 11.4 Å². The summed E-state index contributed by atoms with van der Waals surface area (Å²) >= 11 is 23.5. The first-order chi connectivity index (χ1) is 16.0. The molecule has 2 aromatic carbocycles. The van der Waals surface area contributed by atoms with Gasteiger partial charge in [-0.15, -0.1) is 0 Å². The van der Waals surface area contributed by atoms with Crippen LogP contribution >= 0.6 is 47.0 Å². The molecule has 0 fully saturated rings. The lowest BCUT2D eigenvalue weighted by molar-refractivity contribution is -0.114. The van der Waals surface area contributed by atoms with E-state index >= 15 is 0 Å². The average Bonchev–Trinajstić information content (AvgIpc) is 2.77. The van der Waals surface area contributed by atoms with E-state index in [0.717, 1.165) is 0 Å². The molecule has 2 rings (SSSR count). The Labute approximate surface area is 217 Å². The van der Waals surface area contributed by atoms with Crippen LogP contribution in [0.3, 0.4) is 0 Å². The van der Waals surface area contributed by atoms with Crippen molar-refractivity contribution in [1.29, 1.82) is 0 Å². The number of hydrogen-bond donors (Lipinski definition) is 4. The number of benzene rings is 2. The number of halogens is 3. The van der Waals surface area contributed by atoms with E-state index in [1.54, 1.807) is 24.3 Å². The van der Waals surface area contributed by atoms with Crippen LogP contribution in [0.2, 0.25) is 0 Å². The molecule has 4 N–H and O–H groups in total.